The van der Waals surface area contributed by atoms with Crippen LogP contribution in [-0.4, -0.2) is 83.6 Å². The maximum atomic E-state index is 13.4. The van der Waals surface area contributed by atoms with E-state index in [1.165, 1.54) is 35.6 Å². The van der Waals surface area contributed by atoms with Gasteiger partial charge in [-0.3, -0.25) is 9.13 Å². The molecule has 0 bridgehead atoms. The number of sulfonamides is 1. The van der Waals surface area contributed by atoms with Crippen LogP contribution < -0.4 is 32.5 Å². The lowest BCUT2D eigenvalue weighted by Gasteiger charge is -2.48. The Morgan fingerprint density at radius 1 is 0.588 bits per heavy atom. The Balaban J connectivity index is 0.000000232. The van der Waals surface area contributed by atoms with Crippen LogP contribution in [0.3, 0.4) is 0 Å². The van der Waals surface area contributed by atoms with E-state index in [2.05, 4.69) is 35.8 Å². The van der Waals surface area contributed by atoms with Gasteiger partial charge in [-0.05, 0) is 98.2 Å². The second-order valence-corrected chi connectivity index (χ2v) is 21.8. The Bertz CT molecular complexity index is 3210. The van der Waals surface area contributed by atoms with Gasteiger partial charge in [0.25, 0.3) is 0 Å². The largest absolute Gasteiger partial charge is 0.416 e. The van der Waals surface area contributed by atoms with Crippen molar-refractivity contribution in [3.8, 4) is 0 Å². The van der Waals surface area contributed by atoms with Gasteiger partial charge >= 0.3 is 36.1 Å². The average molecular weight is 1170 g/mol. The van der Waals surface area contributed by atoms with E-state index in [0.717, 1.165) is 17.4 Å². The first-order valence-corrected chi connectivity index (χ1v) is 26.5. The van der Waals surface area contributed by atoms with Gasteiger partial charge in [0.15, 0.2) is 0 Å². The summed E-state index contributed by atoms with van der Waals surface area (Å²) in [4.78, 5) is 24.8. The number of hydrogen-bond acceptors (Lipinski definition) is 11. The molecular formula is C51H56F12N10O6S. The fraction of sp³-hybridized carbons (Fsp3) is 0.451. The summed E-state index contributed by atoms with van der Waals surface area (Å²) in [5, 5.41) is 19.0. The highest BCUT2D eigenvalue weighted by molar-refractivity contribution is 7.88. The number of H-pyrrole nitrogens is 2. The minimum Gasteiger partial charge on any atom is -0.372 e. The van der Waals surface area contributed by atoms with Crippen LogP contribution in [0.1, 0.15) is 96.2 Å². The van der Waals surface area contributed by atoms with Crippen molar-refractivity contribution in [2.45, 2.75) is 98.6 Å². The highest BCUT2D eigenvalue weighted by Crippen LogP contribution is 2.43. The number of hydrogen-bond donors (Lipinski definition) is 6. The van der Waals surface area contributed by atoms with Crippen molar-refractivity contribution in [3.63, 3.8) is 0 Å². The summed E-state index contributed by atoms with van der Waals surface area (Å²) in [7, 11) is -3.64. The Labute approximate surface area is 449 Å². The maximum absolute atomic E-state index is 13.4. The third kappa shape index (κ3) is 14.0. The number of nitrogens with one attached hydrogen (secondary N) is 5. The van der Waals surface area contributed by atoms with Crippen molar-refractivity contribution in [3.05, 3.63) is 175 Å². The average Bonchev–Trinajstić information content (AvgIpc) is 4.10. The van der Waals surface area contributed by atoms with Gasteiger partial charge in [0.1, 0.15) is 12.7 Å². The zero-order valence-electron chi connectivity index (χ0n) is 42.9. The molecule has 0 aliphatic carbocycles. The van der Waals surface area contributed by atoms with Crippen LogP contribution in [0.4, 0.5) is 52.7 Å². The fourth-order valence-electron chi connectivity index (χ4n) is 9.85. The molecule has 2 fully saturated rings. The van der Waals surface area contributed by atoms with Gasteiger partial charge in [-0.15, -0.1) is 0 Å². The number of nitrogens with zero attached hydrogens (tertiary/aromatic N) is 4. The van der Waals surface area contributed by atoms with Crippen molar-refractivity contribution in [1.29, 1.82) is 0 Å². The molecule has 0 spiro atoms. The summed E-state index contributed by atoms with van der Waals surface area (Å²) < 4.78 is 202. The van der Waals surface area contributed by atoms with E-state index in [9.17, 15) is 70.7 Å². The Hall–Kier alpha value is -6.37. The van der Waals surface area contributed by atoms with Crippen molar-refractivity contribution >= 4 is 10.0 Å². The monoisotopic (exact) mass is 1160 g/mol. The second kappa shape index (κ2) is 23.2. The lowest BCUT2D eigenvalue weighted by Crippen LogP contribution is -2.63. The number of nitrogens with two attached hydrogens (primary N) is 1. The Morgan fingerprint density at radius 2 is 0.938 bits per heavy atom. The molecule has 0 unspecified atom stereocenters. The highest BCUT2D eigenvalue weighted by atomic mass is 32.2. The zero-order valence-corrected chi connectivity index (χ0v) is 43.7. The van der Waals surface area contributed by atoms with Gasteiger partial charge in [-0.2, -0.15) is 62.9 Å². The molecule has 7 N–H and O–H groups in total. The minimum atomic E-state index is -5.00. The number of rotatable bonds is 16. The predicted molar refractivity (Wildman–Crippen MR) is 266 cm³/mol. The third-order valence-corrected chi connectivity index (χ3v) is 15.4. The SMILES string of the molecule is C[C@@H](OC[C@@]1(c2ccccc2)CC[C@](CN)(n2cn[nH]c2=O)CN1)c1cc(C(F)(F)F)cc(C(F)(F)F)c1.C[C@@H](OC[C@@]1(c2ccccc2)CC[C@](CNS(C)(=O)=O)(n2cn[nH]c2=O)CN1)c1cc(C(F)(F)F)cc(C(F)(F)F)c1. The summed E-state index contributed by atoms with van der Waals surface area (Å²) in [5.41, 5.74) is -3.27. The van der Waals surface area contributed by atoms with Crippen molar-refractivity contribution in [2.75, 3.05) is 45.6 Å². The Kier molecular flexibility index (Phi) is 17.8. The van der Waals surface area contributed by atoms with Gasteiger partial charge < -0.3 is 25.8 Å². The van der Waals surface area contributed by atoms with Crippen LogP contribution in [0.15, 0.2) is 119 Å². The molecule has 6 atom stereocenters. The van der Waals surface area contributed by atoms with Crippen molar-refractivity contribution in [2.24, 2.45) is 5.73 Å². The van der Waals surface area contributed by atoms with Gasteiger partial charge in [-0.25, -0.2) is 32.9 Å². The van der Waals surface area contributed by atoms with Crippen LogP contribution >= 0.6 is 0 Å². The molecular weight excluding hydrogens is 1110 g/mol. The number of aromatic nitrogens is 6. The lowest BCUT2D eigenvalue weighted by atomic mass is 9.76. The molecule has 2 aliphatic rings. The first-order valence-electron chi connectivity index (χ1n) is 24.6. The first kappa shape index (κ1) is 61.3. The number of ether oxygens (including phenoxy) is 2. The standard InChI is InChI=1S/C26H29F6N5O4S.C25H27F6N5O2/c1-17(18-10-20(25(27,28)29)12-21(11-18)26(30,31)32)41-15-24(19-6-4-3-5-7-19)9-8-23(13-33-24,14-35-42(2,39)40)37-16-34-36-22(37)38;1-16(17-9-19(24(26,27)28)11-20(10-17)25(29,30)31)38-14-23(18-5-3-2-4-6-18)8-7-22(12-32,13-33-23)36-15-34-35-21(36)37/h3-7,10-12,16-17,33,35H,8-9,13-15H2,1-2H3,(H,36,38);2-6,9-11,15-16,33H,7-8,12-14,32H2,1H3,(H,35,37)/t17-,23+,24-;16-,22-,23-/m11/s1. The van der Waals surface area contributed by atoms with Gasteiger partial charge in [0, 0.05) is 26.2 Å². The summed E-state index contributed by atoms with van der Waals surface area (Å²) in [6.07, 6.45) is -17.2. The molecule has 6 aromatic rings. The van der Waals surface area contributed by atoms with E-state index in [4.69, 9.17) is 15.2 Å². The van der Waals surface area contributed by atoms with E-state index in [1.807, 2.05) is 30.3 Å². The number of piperidine rings is 2. The molecule has 4 heterocycles. The van der Waals surface area contributed by atoms with Crippen molar-refractivity contribution < 1.29 is 70.6 Å². The predicted octanol–water partition coefficient (Wildman–Crippen LogP) is 8.23. The second-order valence-electron chi connectivity index (χ2n) is 20.0. The number of alkyl halides is 12. The van der Waals surface area contributed by atoms with Crippen LogP contribution in [0.5, 0.6) is 0 Å². The van der Waals surface area contributed by atoms with Crippen LogP contribution in [0, 0.1) is 0 Å². The summed E-state index contributed by atoms with van der Waals surface area (Å²) in [6, 6.07) is 20.8. The fourth-order valence-corrected chi connectivity index (χ4v) is 10.4. The minimum absolute atomic E-state index is 0.0450. The van der Waals surface area contributed by atoms with E-state index < -0.39 is 103 Å². The normalized spacial score (nSPS) is 23.0. The molecule has 8 rings (SSSR count). The quantitative estimate of drug-likeness (QED) is 0.0508. The Morgan fingerprint density at radius 3 is 1.23 bits per heavy atom. The topological polar surface area (TPSA) is 216 Å². The molecule has 2 aromatic heterocycles. The molecule has 80 heavy (non-hydrogen) atoms. The van der Waals surface area contributed by atoms with E-state index in [0.29, 0.717) is 37.1 Å². The number of benzene rings is 4. The maximum Gasteiger partial charge on any atom is 0.416 e. The number of aromatic amines is 2. The van der Waals surface area contributed by atoms with E-state index >= 15 is 0 Å². The van der Waals surface area contributed by atoms with Gasteiger partial charge in [-0.1, -0.05) is 60.7 Å². The van der Waals surface area contributed by atoms with E-state index in [-0.39, 0.29) is 75.5 Å². The van der Waals surface area contributed by atoms with Crippen LogP contribution in [-0.2, 0) is 66.4 Å². The molecule has 16 nitrogen and oxygen atoms in total. The van der Waals surface area contributed by atoms with Gasteiger partial charge in [0.05, 0.1) is 76.1 Å². The van der Waals surface area contributed by atoms with Crippen molar-refractivity contribution in [1.82, 2.24) is 44.9 Å². The first-order chi connectivity index (χ1) is 37.2. The van der Waals surface area contributed by atoms with Gasteiger partial charge in [0.2, 0.25) is 10.0 Å². The zero-order chi connectivity index (χ0) is 58.7. The summed E-state index contributed by atoms with van der Waals surface area (Å²) in [6.45, 7) is 2.83. The molecule has 2 aliphatic heterocycles. The molecule has 29 heteroatoms. The lowest BCUT2D eigenvalue weighted by molar-refractivity contribution is -0.145. The smallest absolute Gasteiger partial charge is 0.372 e. The molecule has 436 valence electrons. The number of halogens is 12. The third-order valence-electron chi connectivity index (χ3n) is 14.7. The molecule has 0 radical (unpaired) electrons. The molecule has 0 saturated carbocycles. The molecule has 0 amide bonds. The molecule has 4 aromatic carbocycles. The van der Waals surface area contributed by atoms with E-state index in [1.54, 1.807) is 30.3 Å². The summed E-state index contributed by atoms with van der Waals surface area (Å²) in [5.74, 6) is 0. The summed E-state index contributed by atoms with van der Waals surface area (Å²) >= 11 is 0. The molecule has 2 saturated heterocycles. The van der Waals surface area contributed by atoms with Crippen LogP contribution in [0.2, 0.25) is 0 Å². The highest BCUT2D eigenvalue weighted by Gasteiger charge is 2.48. The van der Waals surface area contributed by atoms with Crippen LogP contribution in [0.25, 0.3) is 0 Å².